The Hall–Kier alpha value is 0.177. The van der Waals surface area contributed by atoms with Gasteiger partial charge in [-0.3, -0.25) is 0 Å². The second-order valence-electron chi connectivity index (χ2n) is 5.75. The minimum absolute atomic E-state index is 0.170. The SMILES string of the molecule is CCCCC(CCCC)(O[SiH3])C(CC)(CC)CC. The summed E-state index contributed by atoms with van der Waals surface area (Å²) in [5.74, 6) is 0. The number of unbranched alkanes of at least 4 members (excludes halogenated alkanes) is 2. The van der Waals surface area contributed by atoms with Crippen LogP contribution in [0.5, 0.6) is 0 Å². The monoisotopic (exact) mass is 272 g/mol. The van der Waals surface area contributed by atoms with Crippen LogP contribution in [0.25, 0.3) is 0 Å². The van der Waals surface area contributed by atoms with Crippen molar-refractivity contribution < 1.29 is 4.43 Å². The first-order valence-electron chi connectivity index (χ1n) is 8.17. The molecule has 0 aliphatic carbocycles. The summed E-state index contributed by atoms with van der Waals surface area (Å²) in [6, 6.07) is 0. The summed E-state index contributed by atoms with van der Waals surface area (Å²) in [5.41, 5.74) is 0.572. The van der Waals surface area contributed by atoms with E-state index in [1.54, 1.807) is 0 Å². The van der Waals surface area contributed by atoms with Crippen molar-refractivity contribution in [1.29, 1.82) is 0 Å². The topological polar surface area (TPSA) is 9.23 Å². The molecule has 0 heterocycles. The van der Waals surface area contributed by atoms with E-state index in [0.717, 1.165) is 10.5 Å². The molecule has 0 bridgehead atoms. The predicted molar refractivity (Wildman–Crippen MR) is 86.1 cm³/mol. The largest absolute Gasteiger partial charge is 0.422 e. The highest BCUT2D eigenvalue weighted by Gasteiger charge is 2.46. The molecule has 0 N–H and O–H groups in total. The molecule has 18 heavy (non-hydrogen) atoms. The summed E-state index contributed by atoms with van der Waals surface area (Å²) in [7, 11) is 0.874. The number of hydrogen-bond acceptors (Lipinski definition) is 1. The zero-order chi connectivity index (χ0) is 14.1. The van der Waals surface area contributed by atoms with Crippen LogP contribution < -0.4 is 0 Å². The molecule has 0 atom stereocenters. The Morgan fingerprint density at radius 1 is 0.778 bits per heavy atom. The summed E-state index contributed by atoms with van der Waals surface area (Å²) in [6.45, 7) is 11.7. The lowest BCUT2D eigenvalue weighted by atomic mass is 9.62. The van der Waals surface area contributed by atoms with Crippen LogP contribution in [-0.2, 0) is 4.43 Å². The highest BCUT2D eigenvalue weighted by molar-refractivity contribution is 5.98. The van der Waals surface area contributed by atoms with Gasteiger partial charge in [-0.2, -0.15) is 0 Å². The van der Waals surface area contributed by atoms with Crippen LogP contribution in [0.4, 0.5) is 0 Å². The van der Waals surface area contributed by atoms with E-state index in [9.17, 15) is 0 Å². The summed E-state index contributed by atoms with van der Waals surface area (Å²) < 4.78 is 6.32. The molecule has 0 spiro atoms. The van der Waals surface area contributed by atoms with Crippen molar-refractivity contribution in [3.05, 3.63) is 0 Å². The standard InChI is InChI=1S/C16H36OSi/c1-6-11-13-16(17-18,14-12-7-2)15(8-3,9-4)10-5/h6-14H2,1-5,18H3. The van der Waals surface area contributed by atoms with Crippen LogP contribution in [0.1, 0.15) is 92.4 Å². The Morgan fingerprint density at radius 3 is 1.39 bits per heavy atom. The molecular weight excluding hydrogens is 236 g/mol. The van der Waals surface area contributed by atoms with Gasteiger partial charge in [0.1, 0.15) is 10.5 Å². The molecule has 0 fully saturated rings. The third kappa shape index (κ3) is 3.83. The summed E-state index contributed by atoms with van der Waals surface area (Å²) in [4.78, 5) is 0. The molecule has 110 valence electrons. The van der Waals surface area contributed by atoms with Crippen molar-refractivity contribution in [2.75, 3.05) is 0 Å². The Morgan fingerprint density at radius 2 is 1.17 bits per heavy atom. The zero-order valence-corrected chi connectivity index (χ0v) is 15.8. The average Bonchev–Trinajstić information content (AvgIpc) is 2.43. The van der Waals surface area contributed by atoms with Gasteiger partial charge in [0.15, 0.2) is 0 Å². The van der Waals surface area contributed by atoms with Crippen molar-refractivity contribution in [1.82, 2.24) is 0 Å². The smallest absolute Gasteiger partial charge is 0.146 e. The van der Waals surface area contributed by atoms with Crippen LogP contribution >= 0.6 is 0 Å². The molecule has 0 unspecified atom stereocenters. The molecule has 1 nitrogen and oxygen atoms in total. The van der Waals surface area contributed by atoms with Crippen LogP contribution in [0.3, 0.4) is 0 Å². The van der Waals surface area contributed by atoms with Gasteiger partial charge in [-0.25, -0.2) is 0 Å². The van der Waals surface area contributed by atoms with Gasteiger partial charge in [-0.1, -0.05) is 60.3 Å². The quantitative estimate of drug-likeness (QED) is 0.499. The van der Waals surface area contributed by atoms with Crippen molar-refractivity contribution in [2.45, 2.75) is 98.0 Å². The van der Waals surface area contributed by atoms with E-state index in [4.69, 9.17) is 4.43 Å². The summed E-state index contributed by atoms with van der Waals surface area (Å²) >= 11 is 0. The lowest BCUT2D eigenvalue weighted by molar-refractivity contribution is -0.0822. The van der Waals surface area contributed by atoms with Crippen LogP contribution in [0.15, 0.2) is 0 Å². The molecule has 0 aromatic heterocycles. The van der Waals surface area contributed by atoms with Crippen molar-refractivity contribution in [3.8, 4) is 0 Å². The molecule has 0 aromatic carbocycles. The maximum atomic E-state index is 6.32. The summed E-state index contributed by atoms with van der Waals surface area (Å²) in [5, 5.41) is 0. The Balaban J connectivity index is 5.20. The van der Waals surface area contributed by atoms with Gasteiger partial charge >= 0.3 is 0 Å². The molecule has 0 saturated carbocycles. The van der Waals surface area contributed by atoms with Crippen molar-refractivity contribution in [3.63, 3.8) is 0 Å². The second-order valence-corrected chi connectivity index (χ2v) is 6.15. The number of rotatable bonds is 11. The molecule has 0 aliphatic rings. The fourth-order valence-electron chi connectivity index (χ4n) is 3.72. The highest BCUT2D eigenvalue weighted by Crippen LogP contribution is 2.49. The molecular formula is C16H36OSi. The first-order valence-corrected chi connectivity index (χ1v) is 8.98. The molecule has 0 aliphatic heterocycles. The lowest BCUT2D eigenvalue weighted by Crippen LogP contribution is -2.49. The maximum Gasteiger partial charge on any atom is 0.146 e. The van der Waals surface area contributed by atoms with Gasteiger partial charge in [0.25, 0.3) is 0 Å². The van der Waals surface area contributed by atoms with Crippen molar-refractivity contribution in [2.24, 2.45) is 5.41 Å². The maximum absolute atomic E-state index is 6.32. The van der Waals surface area contributed by atoms with Gasteiger partial charge in [0, 0.05) is 0 Å². The van der Waals surface area contributed by atoms with E-state index >= 15 is 0 Å². The van der Waals surface area contributed by atoms with Gasteiger partial charge in [-0.15, -0.1) is 0 Å². The predicted octanol–water partition coefficient (Wildman–Crippen LogP) is 4.62. The Labute approximate surface area is 119 Å². The molecule has 2 heteroatoms. The lowest BCUT2D eigenvalue weighted by Gasteiger charge is -2.50. The normalized spacial score (nSPS) is 13.2. The fraction of sp³-hybridized carbons (Fsp3) is 1.00. The molecule has 0 amide bonds. The Kier molecular flexibility index (Phi) is 9.23. The number of hydrogen-bond donors (Lipinski definition) is 0. The minimum atomic E-state index is 0.170. The van der Waals surface area contributed by atoms with E-state index in [2.05, 4.69) is 34.6 Å². The fourth-order valence-corrected chi connectivity index (χ4v) is 4.56. The van der Waals surface area contributed by atoms with Gasteiger partial charge in [0.05, 0.1) is 5.60 Å². The van der Waals surface area contributed by atoms with Gasteiger partial charge in [0.2, 0.25) is 0 Å². The van der Waals surface area contributed by atoms with Crippen molar-refractivity contribution >= 4 is 10.5 Å². The highest BCUT2D eigenvalue weighted by atomic mass is 28.2. The zero-order valence-electron chi connectivity index (χ0n) is 13.8. The third-order valence-corrected chi connectivity index (χ3v) is 6.04. The minimum Gasteiger partial charge on any atom is -0.422 e. The van der Waals surface area contributed by atoms with E-state index in [-0.39, 0.29) is 5.60 Å². The van der Waals surface area contributed by atoms with E-state index < -0.39 is 0 Å². The first-order chi connectivity index (χ1) is 8.61. The molecule has 0 rings (SSSR count). The second kappa shape index (κ2) is 9.14. The van der Waals surface area contributed by atoms with E-state index in [0.29, 0.717) is 5.41 Å². The molecule has 0 aromatic rings. The average molecular weight is 273 g/mol. The third-order valence-electron chi connectivity index (χ3n) is 5.26. The van der Waals surface area contributed by atoms with Crippen LogP contribution in [-0.4, -0.2) is 16.1 Å². The van der Waals surface area contributed by atoms with Crippen LogP contribution in [0.2, 0.25) is 0 Å². The Bertz CT molecular complexity index is 183. The van der Waals surface area contributed by atoms with Crippen LogP contribution in [0, 0.1) is 5.41 Å². The molecule has 0 saturated heterocycles. The van der Waals surface area contributed by atoms with Gasteiger partial charge in [-0.05, 0) is 37.5 Å². The van der Waals surface area contributed by atoms with Gasteiger partial charge < -0.3 is 4.43 Å². The summed E-state index contributed by atoms with van der Waals surface area (Å²) in [6.07, 6.45) is 11.5. The van der Waals surface area contributed by atoms with E-state index in [1.807, 2.05) is 0 Å². The first kappa shape index (κ1) is 18.2. The molecule has 0 radical (unpaired) electrons. The van der Waals surface area contributed by atoms with E-state index in [1.165, 1.54) is 57.8 Å².